The molecule has 0 aromatic heterocycles. The second kappa shape index (κ2) is 4.82. The summed E-state index contributed by atoms with van der Waals surface area (Å²) >= 11 is 2.17. The molecule has 1 aromatic carbocycles. The Balaban J connectivity index is 2.02. The first kappa shape index (κ1) is 11.4. The lowest BCUT2D eigenvalue weighted by molar-refractivity contribution is -0.139. The molecule has 1 atom stereocenters. The van der Waals surface area contributed by atoms with E-state index in [-0.39, 0.29) is 11.9 Å². The predicted octanol–water partition coefficient (Wildman–Crippen LogP) is 1.34. The van der Waals surface area contributed by atoms with Gasteiger partial charge < -0.3 is 10.1 Å². The number of carbonyl (C=O) groups excluding carboxylic acids is 2. The van der Waals surface area contributed by atoms with E-state index >= 15 is 0 Å². The first-order valence-corrected chi connectivity index (χ1v) is 5.98. The number of cyclic esters (lactones) is 1. The van der Waals surface area contributed by atoms with E-state index in [1.165, 1.54) is 0 Å². The lowest BCUT2D eigenvalue weighted by Gasteiger charge is -2.08. The monoisotopic (exact) mass is 331 g/mol. The van der Waals surface area contributed by atoms with Gasteiger partial charge in [0.15, 0.2) is 0 Å². The summed E-state index contributed by atoms with van der Waals surface area (Å²) in [6.45, 7) is 0.385. The minimum Gasteiger partial charge on any atom is -0.464 e. The van der Waals surface area contributed by atoms with Crippen molar-refractivity contribution in [1.29, 1.82) is 0 Å². The van der Waals surface area contributed by atoms with Crippen LogP contribution in [0.25, 0.3) is 0 Å². The highest BCUT2D eigenvalue weighted by Gasteiger charge is 2.28. The van der Waals surface area contributed by atoms with Crippen molar-refractivity contribution in [3.63, 3.8) is 0 Å². The molecule has 1 saturated heterocycles. The lowest BCUT2D eigenvalue weighted by Crippen LogP contribution is -2.37. The topological polar surface area (TPSA) is 55.4 Å². The highest BCUT2D eigenvalue weighted by atomic mass is 127. The van der Waals surface area contributed by atoms with Crippen molar-refractivity contribution >= 4 is 34.5 Å². The first-order valence-electron chi connectivity index (χ1n) is 4.90. The Morgan fingerprint density at radius 1 is 1.38 bits per heavy atom. The van der Waals surface area contributed by atoms with Crippen LogP contribution < -0.4 is 5.32 Å². The second-order valence-electron chi connectivity index (χ2n) is 3.49. The molecule has 16 heavy (non-hydrogen) atoms. The van der Waals surface area contributed by atoms with Gasteiger partial charge in [-0.2, -0.15) is 0 Å². The van der Waals surface area contributed by atoms with Gasteiger partial charge in [0, 0.05) is 15.6 Å². The third-order valence-electron chi connectivity index (χ3n) is 2.35. The third kappa shape index (κ3) is 2.52. The molecule has 1 amide bonds. The van der Waals surface area contributed by atoms with E-state index in [9.17, 15) is 9.59 Å². The maximum atomic E-state index is 11.7. The van der Waals surface area contributed by atoms with Crippen LogP contribution >= 0.6 is 22.6 Å². The Morgan fingerprint density at radius 2 is 2.06 bits per heavy atom. The highest BCUT2D eigenvalue weighted by Crippen LogP contribution is 2.09. The van der Waals surface area contributed by atoms with Crippen LogP contribution in [0.3, 0.4) is 0 Å². The van der Waals surface area contributed by atoms with Gasteiger partial charge in [0.2, 0.25) is 0 Å². The van der Waals surface area contributed by atoms with Crippen LogP contribution in [0.1, 0.15) is 16.8 Å². The fourth-order valence-electron chi connectivity index (χ4n) is 1.47. The molecule has 1 N–H and O–H groups in total. The van der Waals surface area contributed by atoms with Crippen LogP contribution in [0.2, 0.25) is 0 Å². The van der Waals surface area contributed by atoms with Gasteiger partial charge in [0.1, 0.15) is 6.04 Å². The van der Waals surface area contributed by atoms with Crippen molar-refractivity contribution in [1.82, 2.24) is 5.32 Å². The van der Waals surface area contributed by atoms with E-state index in [0.717, 1.165) is 3.57 Å². The van der Waals surface area contributed by atoms with Crippen LogP contribution in [0.15, 0.2) is 24.3 Å². The zero-order chi connectivity index (χ0) is 11.5. The Kier molecular flexibility index (Phi) is 3.42. The number of ether oxygens (including phenoxy) is 1. The van der Waals surface area contributed by atoms with Gasteiger partial charge in [-0.05, 0) is 46.9 Å². The van der Waals surface area contributed by atoms with Gasteiger partial charge in [-0.3, -0.25) is 4.79 Å². The molecule has 1 aliphatic heterocycles. The van der Waals surface area contributed by atoms with E-state index in [4.69, 9.17) is 4.74 Å². The number of nitrogens with one attached hydrogen (secondary N) is 1. The van der Waals surface area contributed by atoms with Gasteiger partial charge in [-0.1, -0.05) is 0 Å². The molecule has 5 heteroatoms. The van der Waals surface area contributed by atoms with Gasteiger partial charge >= 0.3 is 5.97 Å². The number of esters is 1. The standard InChI is InChI=1S/C11H10INO3/c12-8-3-1-7(2-4-8)10(14)13-9-5-6-16-11(9)15/h1-4,9H,5-6H2,(H,13,14)/t9-/m0/s1. The van der Waals surface area contributed by atoms with Gasteiger partial charge in [-0.25, -0.2) is 4.79 Å². The molecule has 0 spiro atoms. The molecule has 1 fully saturated rings. The van der Waals surface area contributed by atoms with E-state index in [0.29, 0.717) is 18.6 Å². The maximum absolute atomic E-state index is 11.7. The van der Waals surface area contributed by atoms with Crippen molar-refractivity contribution in [2.75, 3.05) is 6.61 Å². The van der Waals surface area contributed by atoms with E-state index < -0.39 is 6.04 Å². The summed E-state index contributed by atoms with van der Waals surface area (Å²) in [4.78, 5) is 22.9. The molecule has 0 unspecified atom stereocenters. The number of hydrogen-bond donors (Lipinski definition) is 1. The zero-order valence-corrected chi connectivity index (χ0v) is 10.6. The van der Waals surface area contributed by atoms with Gasteiger partial charge in [0.05, 0.1) is 6.61 Å². The number of hydrogen-bond acceptors (Lipinski definition) is 3. The average Bonchev–Trinajstić information content (AvgIpc) is 2.65. The smallest absolute Gasteiger partial charge is 0.328 e. The van der Waals surface area contributed by atoms with Crippen molar-refractivity contribution in [3.05, 3.63) is 33.4 Å². The summed E-state index contributed by atoms with van der Waals surface area (Å²) in [5, 5.41) is 2.65. The van der Waals surface area contributed by atoms with Crippen molar-refractivity contribution in [3.8, 4) is 0 Å². The zero-order valence-electron chi connectivity index (χ0n) is 8.40. The van der Waals surface area contributed by atoms with Crippen molar-refractivity contribution in [2.24, 2.45) is 0 Å². The summed E-state index contributed by atoms with van der Waals surface area (Å²) in [6.07, 6.45) is 0.551. The van der Waals surface area contributed by atoms with Crippen LogP contribution in [0.5, 0.6) is 0 Å². The molecule has 2 rings (SSSR count). The molecular weight excluding hydrogens is 321 g/mol. The Hall–Kier alpha value is -1.11. The van der Waals surface area contributed by atoms with E-state index in [2.05, 4.69) is 27.9 Å². The molecule has 1 heterocycles. The van der Waals surface area contributed by atoms with Gasteiger partial charge in [-0.15, -0.1) is 0 Å². The molecule has 1 aromatic rings. The molecule has 4 nitrogen and oxygen atoms in total. The quantitative estimate of drug-likeness (QED) is 0.657. The largest absolute Gasteiger partial charge is 0.464 e. The van der Waals surface area contributed by atoms with E-state index in [1.54, 1.807) is 12.1 Å². The Morgan fingerprint density at radius 3 is 2.62 bits per heavy atom. The van der Waals surface area contributed by atoms with Crippen LogP contribution in [-0.2, 0) is 9.53 Å². The highest BCUT2D eigenvalue weighted by molar-refractivity contribution is 14.1. The number of carbonyl (C=O) groups is 2. The molecule has 0 saturated carbocycles. The fourth-order valence-corrected chi connectivity index (χ4v) is 1.83. The van der Waals surface area contributed by atoms with Gasteiger partial charge in [0.25, 0.3) is 5.91 Å². The van der Waals surface area contributed by atoms with E-state index in [1.807, 2.05) is 12.1 Å². The van der Waals surface area contributed by atoms with Crippen molar-refractivity contribution in [2.45, 2.75) is 12.5 Å². The van der Waals surface area contributed by atoms with Crippen LogP contribution in [-0.4, -0.2) is 24.5 Å². The SMILES string of the molecule is O=C(N[C@H]1CCOC1=O)c1ccc(I)cc1. The molecule has 0 radical (unpaired) electrons. The summed E-state index contributed by atoms with van der Waals surface area (Å²) in [5.41, 5.74) is 0.556. The molecule has 1 aliphatic rings. The maximum Gasteiger partial charge on any atom is 0.328 e. The van der Waals surface area contributed by atoms with Crippen molar-refractivity contribution < 1.29 is 14.3 Å². The number of benzene rings is 1. The normalized spacial score (nSPS) is 19.3. The minimum atomic E-state index is -0.494. The molecule has 84 valence electrons. The number of rotatable bonds is 2. The summed E-state index contributed by atoms with van der Waals surface area (Å²) < 4.78 is 5.83. The summed E-state index contributed by atoms with van der Waals surface area (Å²) in [6, 6.07) is 6.67. The number of halogens is 1. The average molecular weight is 331 g/mol. The third-order valence-corrected chi connectivity index (χ3v) is 3.07. The Labute approximate surface area is 106 Å². The Bertz CT molecular complexity index is 416. The molecular formula is C11H10INO3. The fraction of sp³-hybridized carbons (Fsp3) is 0.273. The summed E-state index contributed by atoms with van der Waals surface area (Å²) in [7, 11) is 0. The number of amides is 1. The second-order valence-corrected chi connectivity index (χ2v) is 4.73. The minimum absolute atomic E-state index is 0.236. The van der Waals surface area contributed by atoms with Crippen LogP contribution in [0.4, 0.5) is 0 Å². The van der Waals surface area contributed by atoms with Crippen LogP contribution in [0, 0.1) is 3.57 Å². The first-order chi connectivity index (χ1) is 7.66. The lowest BCUT2D eigenvalue weighted by atomic mass is 10.2. The molecule has 0 bridgehead atoms. The predicted molar refractivity (Wildman–Crippen MR) is 66.0 cm³/mol. The molecule has 0 aliphatic carbocycles. The summed E-state index contributed by atoms with van der Waals surface area (Å²) in [5.74, 6) is -0.584.